The number of likely N-dealkylation sites (tertiary alicyclic amines) is 1. The van der Waals surface area contributed by atoms with Crippen LogP contribution in [-0.4, -0.2) is 53.2 Å². The molecular formula is C28H31ClN6O2. The van der Waals surface area contributed by atoms with Crippen molar-refractivity contribution in [2.45, 2.75) is 25.7 Å². The van der Waals surface area contributed by atoms with Crippen LogP contribution in [0.2, 0.25) is 5.02 Å². The van der Waals surface area contributed by atoms with E-state index in [9.17, 15) is 0 Å². The molecule has 37 heavy (non-hydrogen) atoms. The maximum atomic E-state index is 6.06. The number of benzene rings is 2. The number of halogens is 1. The van der Waals surface area contributed by atoms with Crippen molar-refractivity contribution in [1.82, 2.24) is 19.9 Å². The summed E-state index contributed by atoms with van der Waals surface area (Å²) in [7, 11) is 1.65. The van der Waals surface area contributed by atoms with Gasteiger partial charge in [0.15, 0.2) is 11.5 Å². The number of pyridine rings is 1. The molecule has 2 N–H and O–H groups in total. The van der Waals surface area contributed by atoms with Crippen molar-refractivity contribution in [3.63, 3.8) is 0 Å². The second-order valence-corrected chi connectivity index (χ2v) is 9.48. The van der Waals surface area contributed by atoms with Gasteiger partial charge < -0.3 is 25.0 Å². The highest BCUT2D eigenvalue weighted by atomic mass is 35.5. The van der Waals surface area contributed by atoms with Crippen molar-refractivity contribution in [1.29, 1.82) is 0 Å². The number of aromatic nitrogens is 3. The van der Waals surface area contributed by atoms with E-state index in [-0.39, 0.29) is 0 Å². The highest BCUT2D eigenvalue weighted by molar-refractivity contribution is 6.31. The third kappa shape index (κ3) is 6.78. The van der Waals surface area contributed by atoms with E-state index in [1.165, 1.54) is 32.4 Å². The molecule has 1 aliphatic rings. The summed E-state index contributed by atoms with van der Waals surface area (Å²) >= 11 is 6.06. The summed E-state index contributed by atoms with van der Waals surface area (Å²) in [6.45, 7) is 4.15. The fourth-order valence-corrected chi connectivity index (χ4v) is 4.61. The first-order chi connectivity index (χ1) is 18.2. The van der Waals surface area contributed by atoms with Crippen molar-refractivity contribution in [2.75, 3.05) is 44.0 Å². The number of methoxy groups -OCH3 is 1. The van der Waals surface area contributed by atoms with Gasteiger partial charge in [-0.3, -0.25) is 4.98 Å². The lowest BCUT2D eigenvalue weighted by atomic mass is 10.1. The third-order valence-corrected chi connectivity index (χ3v) is 6.55. The average Bonchev–Trinajstić information content (AvgIpc) is 2.92. The molecule has 2 aromatic carbocycles. The van der Waals surface area contributed by atoms with Crippen LogP contribution in [-0.2, 0) is 0 Å². The van der Waals surface area contributed by atoms with Crippen LogP contribution in [0.4, 0.5) is 23.1 Å². The Morgan fingerprint density at radius 1 is 0.919 bits per heavy atom. The van der Waals surface area contributed by atoms with Crippen LogP contribution >= 0.6 is 11.6 Å². The van der Waals surface area contributed by atoms with E-state index in [0.717, 1.165) is 41.0 Å². The minimum absolute atomic E-state index is 0.461. The number of ether oxygens (including phenoxy) is 2. The molecule has 1 aliphatic heterocycles. The van der Waals surface area contributed by atoms with Gasteiger partial charge in [-0.25, -0.2) is 4.98 Å². The highest BCUT2D eigenvalue weighted by Gasteiger charge is 2.11. The van der Waals surface area contributed by atoms with E-state index < -0.39 is 0 Å². The van der Waals surface area contributed by atoms with Gasteiger partial charge in [0, 0.05) is 34.9 Å². The lowest BCUT2D eigenvalue weighted by Gasteiger charge is -2.26. The molecule has 3 heterocycles. The summed E-state index contributed by atoms with van der Waals surface area (Å²) in [4.78, 5) is 15.9. The molecule has 0 unspecified atom stereocenters. The second kappa shape index (κ2) is 12.1. The Labute approximate surface area is 222 Å². The molecule has 0 bridgehead atoms. The van der Waals surface area contributed by atoms with Crippen LogP contribution in [0.3, 0.4) is 0 Å². The van der Waals surface area contributed by atoms with Gasteiger partial charge in [-0.2, -0.15) is 4.98 Å². The van der Waals surface area contributed by atoms with E-state index in [0.29, 0.717) is 29.1 Å². The molecule has 0 spiro atoms. The van der Waals surface area contributed by atoms with Crippen LogP contribution in [0.25, 0.3) is 10.9 Å². The third-order valence-electron chi connectivity index (χ3n) is 6.32. The van der Waals surface area contributed by atoms with Gasteiger partial charge in [-0.05, 0) is 68.8 Å². The summed E-state index contributed by atoms with van der Waals surface area (Å²) in [6.07, 6.45) is 8.42. The van der Waals surface area contributed by atoms with E-state index in [2.05, 4.69) is 30.5 Å². The van der Waals surface area contributed by atoms with Crippen molar-refractivity contribution in [3.05, 3.63) is 65.9 Å². The minimum atomic E-state index is 0.461. The Morgan fingerprint density at radius 2 is 1.81 bits per heavy atom. The van der Waals surface area contributed by atoms with Gasteiger partial charge >= 0.3 is 0 Å². The minimum Gasteiger partial charge on any atom is -0.493 e. The molecule has 0 saturated carbocycles. The second-order valence-electron chi connectivity index (χ2n) is 9.05. The zero-order valence-electron chi connectivity index (χ0n) is 20.9. The number of nitrogens with one attached hydrogen (secondary N) is 2. The molecule has 1 saturated heterocycles. The Kier molecular flexibility index (Phi) is 8.18. The summed E-state index contributed by atoms with van der Waals surface area (Å²) in [6, 6.07) is 15.2. The number of rotatable bonds is 10. The monoisotopic (exact) mass is 518 g/mol. The van der Waals surface area contributed by atoms with Crippen LogP contribution in [0, 0.1) is 0 Å². The molecule has 0 amide bonds. The molecule has 2 aromatic heterocycles. The van der Waals surface area contributed by atoms with Gasteiger partial charge in [0.1, 0.15) is 5.82 Å². The number of hydrogen-bond donors (Lipinski definition) is 2. The molecular weight excluding hydrogens is 488 g/mol. The Hall–Kier alpha value is -3.62. The molecule has 4 aromatic rings. The zero-order chi connectivity index (χ0) is 25.5. The van der Waals surface area contributed by atoms with Crippen LogP contribution in [0.5, 0.6) is 11.5 Å². The largest absolute Gasteiger partial charge is 0.493 e. The predicted molar refractivity (Wildman–Crippen MR) is 149 cm³/mol. The molecule has 9 heteroatoms. The first-order valence-corrected chi connectivity index (χ1v) is 13.0. The predicted octanol–water partition coefficient (Wildman–Crippen LogP) is 6.43. The Morgan fingerprint density at radius 3 is 2.68 bits per heavy atom. The number of nitrogens with zero attached hydrogens (tertiary/aromatic N) is 4. The van der Waals surface area contributed by atoms with E-state index in [1.807, 2.05) is 42.5 Å². The van der Waals surface area contributed by atoms with Crippen molar-refractivity contribution in [3.8, 4) is 11.5 Å². The van der Waals surface area contributed by atoms with Crippen molar-refractivity contribution >= 4 is 45.6 Å². The van der Waals surface area contributed by atoms with Crippen LogP contribution in [0.15, 0.2) is 60.9 Å². The highest BCUT2D eigenvalue weighted by Crippen LogP contribution is 2.31. The van der Waals surface area contributed by atoms with E-state index in [4.69, 9.17) is 21.1 Å². The molecule has 1 fully saturated rings. The summed E-state index contributed by atoms with van der Waals surface area (Å²) in [5, 5.41) is 8.18. The number of hydrogen-bond acceptors (Lipinski definition) is 8. The SMILES string of the molecule is COc1cc(Nc2nccc(Nc3cnc4cc(Cl)ccc4c3)n2)ccc1OCCCN1CCCCC1. The normalized spacial score (nSPS) is 13.9. The maximum Gasteiger partial charge on any atom is 0.229 e. The number of fused-ring (bicyclic) bond motifs is 1. The Balaban J connectivity index is 1.19. The van der Waals surface area contributed by atoms with Gasteiger partial charge in [0.25, 0.3) is 0 Å². The maximum absolute atomic E-state index is 6.06. The van der Waals surface area contributed by atoms with E-state index in [1.54, 1.807) is 25.6 Å². The lowest BCUT2D eigenvalue weighted by Crippen LogP contribution is -2.31. The standard InChI is InChI=1S/C28H31ClN6O2/c1-36-26-18-22(8-9-25(26)37-15-5-14-35-12-3-2-4-13-35)33-28-30-11-10-27(34-28)32-23-16-20-6-7-21(29)17-24(20)31-19-23/h6-11,16-19H,2-5,12-15H2,1H3,(H2,30,32,33,34). The molecule has 0 aliphatic carbocycles. The van der Waals surface area contributed by atoms with Crippen molar-refractivity contribution in [2.24, 2.45) is 0 Å². The number of anilines is 4. The molecule has 0 radical (unpaired) electrons. The summed E-state index contributed by atoms with van der Waals surface area (Å²) in [5.41, 5.74) is 2.47. The Bertz CT molecular complexity index is 1350. The average molecular weight is 519 g/mol. The van der Waals surface area contributed by atoms with E-state index >= 15 is 0 Å². The summed E-state index contributed by atoms with van der Waals surface area (Å²) in [5.74, 6) is 2.50. The summed E-state index contributed by atoms with van der Waals surface area (Å²) < 4.78 is 11.6. The van der Waals surface area contributed by atoms with Gasteiger partial charge in [0.05, 0.1) is 31.1 Å². The molecule has 5 rings (SSSR count). The van der Waals surface area contributed by atoms with Gasteiger partial charge in [0.2, 0.25) is 5.95 Å². The fourth-order valence-electron chi connectivity index (χ4n) is 4.45. The van der Waals surface area contributed by atoms with Gasteiger partial charge in [-0.1, -0.05) is 24.1 Å². The molecule has 8 nitrogen and oxygen atoms in total. The lowest BCUT2D eigenvalue weighted by molar-refractivity contribution is 0.203. The first kappa shape index (κ1) is 25.0. The van der Waals surface area contributed by atoms with Gasteiger partial charge in [-0.15, -0.1) is 0 Å². The van der Waals surface area contributed by atoms with Crippen LogP contribution < -0.4 is 20.1 Å². The number of piperidine rings is 1. The fraction of sp³-hybridized carbons (Fsp3) is 0.321. The zero-order valence-corrected chi connectivity index (χ0v) is 21.7. The quantitative estimate of drug-likeness (QED) is 0.232. The van der Waals surface area contributed by atoms with Crippen LogP contribution in [0.1, 0.15) is 25.7 Å². The topological polar surface area (TPSA) is 84.4 Å². The molecule has 192 valence electrons. The smallest absolute Gasteiger partial charge is 0.229 e. The van der Waals surface area contributed by atoms with Crippen molar-refractivity contribution < 1.29 is 9.47 Å². The molecule has 0 atom stereocenters. The first-order valence-electron chi connectivity index (χ1n) is 12.6.